The molecule has 2 heterocycles. The van der Waals surface area contributed by atoms with E-state index in [0.29, 0.717) is 10.7 Å². The van der Waals surface area contributed by atoms with Crippen molar-refractivity contribution in [2.45, 2.75) is 20.3 Å². The largest absolute Gasteiger partial charge is 0.369 e. The minimum atomic E-state index is -0.784. The van der Waals surface area contributed by atoms with E-state index in [1.165, 1.54) is 6.07 Å². The number of benzene rings is 1. The molecule has 0 aliphatic heterocycles. The lowest BCUT2D eigenvalue weighted by Crippen LogP contribution is -2.34. The van der Waals surface area contributed by atoms with Crippen LogP contribution in [0, 0.1) is 16.0 Å². The van der Waals surface area contributed by atoms with E-state index < -0.39 is 21.9 Å². The van der Waals surface area contributed by atoms with Crippen LogP contribution >= 0.6 is 11.6 Å². The van der Waals surface area contributed by atoms with Crippen molar-refractivity contribution < 1.29 is 4.92 Å². The molecule has 0 aliphatic rings. The summed E-state index contributed by atoms with van der Waals surface area (Å²) in [4.78, 5) is 35.8. The molecule has 10 heteroatoms. The summed E-state index contributed by atoms with van der Waals surface area (Å²) in [7, 11) is 0. The van der Waals surface area contributed by atoms with Gasteiger partial charge in [-0.15, -0.1) is 0 Å². The third-order valence-electron chi connectivity index (χ3n) is 3.58. The summed E-state index contributed by atoms with van der Waals surface area (Å²) in [5, 5.41) is 18.2. The molecule has 1 N–H and O–H groups in total. The number of aromatic nitrogens is 4. The summed E-state index contributed by atoms with van der Waals surface area (Å²) in [5.41, 5.74) is -1.90. The highest BCUT2D eigenvalue weighted by atomic mass is 35.5. The Morgan fingerprint density at radius 3 is 2.68 bits per heavy atom. The van der Waals surface area contributed by atoms with E-state index in [4.69, 9.17) is 11.6 Å². The zero-order valence-electron chi connectivity index (χ0n) is 13.4. The zero-order valence-corrected chi connectivity index (χ0v) is 14.1. The second-order valence-corrected chi connectivity index (χ2v) is 6.39. The van der Waals surface area contributed by atoms with Crippen molar-refractivity contribution in [3.63, 3.8) is 0 Å². The van der Waals surface area contributed by atoms with Gasteiger partial charge in [-0.05, 0) is 24.1 Å². The highest BCUT2D eigenvalue weighted by Crippen LogP contribution is 2.23. The molecule has 0 unspecified atom stereocenters. The highest BCUT2D eigenvalue weighted by Gasteiger charge is 2.28. The Morgan fingerprint density at radius 1 is 1.36 bits per heavy atom. The van der Waals surface area contributed by atoms with Gasteiger partial charge in [-0.2, -0.15) is 9.61 Å². The lowest BCUT2D eigenvalue weighted by atomic mass is 10.1. The molecule has 25 heavy (non-hydrogen) atoms. The molecule has 0 radical (unpaired) electrons. The smallest absolute Gasteiger partial charge is 0.265 e. The predicted octanol–water partition coefficient (Wildman–Crippen LogP) is 1.93. The number of hydrogen-bond acceptors (Lipinski definition) is 5. The van der Waals surface area contributed by atoms with E-state index in [0.717, 1.165) is 9.20 Å². The van der Waals surface area contributed by atoms with Crippen LogP contribution in [0.25, 0.3) is 11.2 Å². The average molecular weight is 364 g/mol. The Kier molecular flexibility index (Phi) is 4.17. The first kappa shape index (κ1) is 16.9. The van der Waals surface area contributed by atoms with E-state index in [-0.39, 0.29) is 23.5 Å². The molecule has 0 aliphatic carbocycles. The third-order valence-corrected chi connectivity index (χ3v) is 3.82. The first-order valence-corrected chi connectivity index (χ1v) is 7.84. The number of halogens is 1. The minimum absolute atomic E-state index is 0.0675. The van der Waals surface area contributed by atoms with Crippen molar-refractivity contribution in [2.75, 3.05) is 0 Å². The number of nitrogens with one attached hydrogen (secondary N) is 1. The molecule has 0 saturated heterocycles. The molecule has 0 fully saturated rings. The van der Waals surface area contributed by atoms with Gasteiger partial charge in [0.25, 0.3) is 5.56 Å². The molecule has 2 aromatic heterocycles. The normalized spacial score (nSPS) is 11.4. The van der Waals surface area contributed by atoms with Crippen molar-refractivity contribution in [1.29, 1.82) is 0 Å². The quantitative estimate of drug-likeness (QED) is 0.561. The molecule has 3 rings (SSSR count). The number of H-pyrrole nitrogens is 1. The van der Waals surface area contributed by atoms with Crippen LogP contribution < -0.4 is 11.2 Å². The average Bonchev–Trinajstić information content (AvgIpc) is 2.90. The first-order valence-electron chi connectivity index (χ1n) is 7.47. The van der Waals surface area contributed by atoms with Crippen molar-refractivity contribution in [2.24, 2.45) is 5.92 Å². The third kappa shape index (κ3) is 2.93. The molecule has 9 nitrogen and oxygen atoms in total. The zero-order chi connectivity index (χ0) is 18.3. The van der Waals surface area contributed by atoms with E-state index in [9.17, 15) is 19.7 Å². The maximum atomic E-state index is 12.7. The van der Waals surface area contributed by atoms with Crippen LogP contribution in [0.2, 0.25) is 5.02 Å². The second kappa shape index (κ2) is 6.17. The Bertz CT molecular complexity index is 1100. The number of nitrogens with zero attached hydrogens (tertiary/aromatic N) is 4. The van der Waals surface area contributed by atoms with Gasteiger partial charge in [0, 0.05) is 11.4 Å². The maximum absolute atomic E-state index is 12.7. The van der Waals surface area contributed by atoms with Gasteiger partial charge in [0.05, 0.1) is 10.6 Å². The monoisotopic (exact) mass is 363 g/mol. The Hall–Kier alpha value is -2.94. The second-order valence-electron chi connectivity index (χ2n) is 5.95. The van der Waals surface area contributed by atoms with Gasteiger partial charge in [-0.3, -0.25) is 20.0 Å². The van der Waals surface area contributed by atoms with Gasteiger partial charge in [0.1, 0.15) is 5.69 Å². The van der Waals surface area contributed by atoms with Crippen LogP contribution in [-0.2, 0) is 6.42 Å². The van der Waals surface area contributed by atoms with Crippen molar-refractivity contribution in [1.82, 2.24) is 19.4 Å². The lowest BCUT2D eigenvalue weighted by Gasteiger charge is -2.05. The summed E-state index contributed by atoms with van der Waals surface area (Å²) in [6, 6.07) is 6.29. The molecule has 3 aromatic rings. The van der Waals surface area contributed by atoms with Crippen LogP contribution in [-0.4, -0.2) is 24.3 Å². The standard InChI is InChI=1S/C15H14ClN5O4/c1-8(2)6-11-12(21(24)25)13-14(22)18-19(15(23)20(13)17-11)10-5-3-4-9(16)7-10/h3-5,7-8H,6H2,1-2H3,(H,18,22). The fourth-order valence-electron chi connectivity index (χ4n) is 2.60. The molecule has 1 aromatic carbocycles. The molecule has 0 atom stereocenters. The Morgan fingerprint density at radius 2 is 2.08 bits per heavy atom. The number of aromatic amines is 1. The van der Waals surface area contributed by atoms with Crippen LogP contribution in [0.15, 0.2) is 33.9 Å². The summed E-state index contributed by atoms with van der Waals surface area (Å²) in [6.45, 7) is 3.73. The van der Waals surface area contributed by atoms with Gasteiger partial charge in [-0.1, -0.05) is 31.5 Å². The molecule has 0 amide bonds. The van der Waals surface area contributed by atoms with Crippen LogP contribution in [0.5, 0.6) is 0 Å². The van der Waals surface area contributed by atoms with E-state index in [2.05, 4.69) is 10.2 Å². The van der Waals surface area contributed by atoms with Gasteiger partial charge >= 0.3 is 11.4 Å². The van der Waals surface area contributed by atoms with Crippen molar-refractivity contribution in [3.8, 4) is 5.69 Å². The number of hydrogen-bond donors (Lipinski definition) is 1. The summed E-state index contributed by atoms with van der Waals surface area (Å²) < 4.78 is 1.73. The van der Waals surface area contributed by atoms with Crippen LogP contribution in [0.3, 0.4) is 0 Å². The lowest BCUT2D eigenvalue weighted by molar-refractivity contribution is -0.384. The highest BCUT2D eigenvalue weighted by molar-refractivity contribution is 6.30. The molecular weight excluding hydrogens is 350 g/mol. The van der Waals surface area contributed by atoms with Gasteiger partial charge < -0.3 is 0 Å². The number of rotatable bonds is 4. The Labute approximate surface area is 145 Å². The summed E-state index contributed by atoms with van der Waals surface area (Å²) in [5.74, 6) is 0.0675. The Balaban J connectivity index is 2.37. The molecule has 130 valence electrons. The number of fused-ring (bicyclic) bond motifs is 1. The van der Waals surface area contributed by atoms with E-state index in [1.54, 1.807) is 18.2 Å². The van der Waals surface area contributed by atoms with Gasteiger partial charge in [0.15, 0.2) is 0 Å². The topological polar surface area (TPSA) is 115 Å². The molecule has 0 bridgehead atoms. The first-order chi connectivity index (χ1) is 11.8. The van der Waals surface area contributed by atoms with Crippen LogP contribution in [0.4, 0.5) is 5.69 Å². The molecule has 0 saturated carbocycles. The SMILES string of the molecule is CC(C)Cc1nn2c(=O)n(-c3cccc(Cl)c3)[nH]c(=O)c2c1[N+](=O)[O-]. The van der Waals surface area contributed by atoms with Crippen molar-refractivity contribution >= 4 is 22.8 Å². The fourth-order valence-corrected chi connectivity index (χ4v) is 2.79. The predicted molar refractivity (Wildman–Crippen MR) is 91.6 cm³/mol. The maximum Gasteiger partial charge on any atom is 0.369 e. The minimum Gasteiger partial charge on any atom is -0.265 e. The van der Waals surface area contributed by atoms with E-state index >= 15 is 0 Å². The van der Waals surface area contributed by atoms with Gasteiger partial charge in [0.2, 0.25) is 5.52 Å². The number of nitro groups is 1. The molecule has 0 spiro atoms. The van der Waals surface area contributed by atoms with Gasteiger partial charge in [-0.25, -0.2) is 9.48 Å². The summed E-state index contributed by atoms with van der Waals surface area (Å²) >= 11 is 5.91. The summed E-state index contributed by atoms with van der Waals surface area (Å²) in [6.07, 6.45) is 0.272. The fraction of sp³-hybridized carbons (Fsp3) is 0.267. The van der Waals surface area contributed by atoms with Crippen LogP contribution in [0.1, 0.15) is 19.5 Å². The van der Waals surface area contributed by atoms with E-state index in [1.807, 2.05) is 13.8 Å². The molecular formula is C15H14ClN5O4. The van der Waals surface area contributed by atoms with Crippen molar-refractivity contribution in [3.05, 3.63) is 65.9 Å².